The number of amides is 1. The Kier molecular flexibility index (Phi) is 5.27. The van der Waals surface area contributed by atoms with Crippen LogP contribution in [-0.2, 0) is 16.4 Å². The summed E-state index contributed by atoms with van der Waals surface area (Å²) in [7, 11) is 0. The van der Waals surface area contributed by atoms with Crippen molar-refractivity contribution >= 4 is 23.1 Å². The molecule has 156 valence electrons. The lowest BCUT2D eigenvalue weighted by Gasteiger charge is -2.40. The number of thiophene rings is 1. The second-order valence-corrected chi connectivity index (χ2v) is 8.65. The third-order valence-corrected chi connectivity index (χ3v) is 6.94. The second kappa shape index (κ2) is 7.59. The summed E-state index contributed by atoms with van der Waals surface area (Å²) in [4.78, 5) is 25.9. The van der Waals surface area contributed by atoms with Crippen LogP contribution in [0.3, 0.4) is 0 Å². The minimum Gasteiger partial charge on any atom is -0.353 e. The smallest absolute Gasteiger partial charge is 0.353 e. The molecular formula is C20H23F3N4OS. The monoisotopic (exact) mass is 424 g/mol. The summed E-state index contributed by atoms with van der Waals surface area (Å²) >= 11 is 1.63. The van der Waals surface area contributed by atoms with Gasteiger partial charge in [0.25, 0.3) is 0 Å². The van der Waals surface area contributed by atoms with Crippen molar-refractivity contribution in [2.45, 2.75) is 44.2 Å². The van der Waals surface area contributed by atoms with E-state index >= 15 is 0 Å². The zero-order valence-electron chi connectivity index (χ0n) is 16.2. The molecule has 9 heteroatoms. The van der Waals surface area contributed by atoms with Gasteiger partial charge in [0, 0.05) is 37.1 Å². The Morgan fingerprint density at radius 2 is 1.83 bits per heavy atom. The van der Waals surface area contributed by atoms with Crippen LogP contribution >= 0.6 is 11.3 Å². The first-order chi connectivity index (χ1) is 13.8. The van der Waals surface area contributed by atoms with E-state index in [9.17, 15) is 18.0 Å². The molecule has 0 radical (unpaired) electrons. The highest BCUT2D eigenvalue weighted by Gasteiger charge is 2.46. The predicted octanol–water partition coefficient (Wildman–Crippen LogP) is 4.03. The third kappa shape index (κ3) is 3.84. The van der Waals surface area contributed by atoms with Crippen molar-refractivity contribution < 1.29 is 18.0 Å². The van der Waals surface area contributed by atoms with E-state index in [1.165, 1.54) is 6.92 Å². The standard InChI is InChI=1S/C20H23F3N4OS/c1-14-24-15(20(21,22)23)13-17(25-14)26-8-10-27(11-9-26)18(28)19(6-2-3-7-19)16-5-4-12-29-16/h4-5,12-13H,2-3,6-11H2,1H3. The molecule has 0 N–H and O–H groups in total. The summed E-state index contributed by atoms with van der Waals surface area (Å²) in [6, 6.07) is 5.03. The average Bonchev–Trinajstić information content (AvgIpc) is 3.39. The number of anilines is 1. The molecule has 2 aliphatic rings. The second-order valence-electron chi connectivity index (χ2n) is 7.70. The van der Waals surface area contributed by atoms with Crippen molar-refractivity contribution in [3.8, 4) is 0 Å². The van der Waals surface area contributed by atoms with E-state index < -0.39 is 17.3 Å². The third-order valence-electron chi connectivity index (χ3n) is 5.87. The molecule has 1 saturated heterocycles. The molecule has 5 nitrogen and oxygen atoms in total. The van der Waals surface area contributed by atoms with Gasteiger partial charge in [-0.2, -0.15) is 13.2 Å². The molecule has 1 saturated carbocycles. The number of aryl methyl sites for hydroxylation is 1. The summed E-state index contributed by atoms with van der Waals surface area (Å²) in [6.07, 6.45) is -0.677. The van der Waals surface area contributed by atoms with Crippen LogP contribution in [0.2, 0.25) is 0 Å². The molecule has 1 aliphatic carbocycles. The lowest BCUT2D eigenvalue weighted by Crippen LogP contribution is -2.54. The fourth-order valence-corrected chi connectivity index (χ4v) is 5.37. The minimum atomic E-state index is -4.50. The highest BCUT2D eigenvalue weighted by atomic mass is 32.1. The van der Waals surface area contributed by atoms with Crippen molar-refractivity contribution in [3.63, 3.8) is 0 Å². The van der Waals surface area contributed by atoms with Gasteiger partial charge in [-0.3, -0.25) is 4.79 Å². The van der Waals surface area contributed by atoms with Crippen LogP contribution in [0.15, 0.2) is 23.6 Å². The van der Waals surface area contributed by atoms with Crippen LogP contribution < -0.4 is 4.90 Å². The van der Waals surface area contributed by atoms with Crippen molar-refractivity contribution in [2.75, 3.05) is 31.1 Å². The fraction of sp³-hybridized carbons (Fsp3) is 0.550. The fourth-order valence-electron chi connectivity index (χ4n) is 4.40. The largest absolute Gasteiger partial charge is 0.433 e. The van der Waals surface area contributed by atoms with Crippen molar-refractivity contribution in [2.24, 2.45) is 0 Å². The van der Waals surface area contributed by atoms with Crippen LogP contribution in [0.1, 0.15) is 42.1 Å². The summed E-state index contributed by atoms with van der Waals surface area (Å²) in [5.41, 5.74) is -1.35. The lowest BCUT2D eigenvalue weighted by molar-refractivity contribution is -0.141. The number of piperazine rings is 1. The zero-order valence-corrected chi connectivity index (χ0v) is 17.0. The number of rotatable bonds is 3. The number of hydrogen-bond donors (Lipinski definition) is 0. The van der Waals surface area contributed by atoms with Gasteiger partial charge in [0.2, 0.25) is 5.91 Å². The van der Waals surface area contributed by atoms with Gasteiger partial charge in [0.15, 0.2) is 0 Å². The van der Waals surface area contributed by atoms with Crippen LogP contribution in [0, 0.1) is 6.92 Å². The van der Waals surface area contributed by atoms with Crippen LogP contribution in [-0.4, -0.2) is 47.0 Å². The van der Waals surface area contributed by atoms with Crippen LogP contribution in [0.5, 0.6) is 0 Å². The van der Waals surface area contributed by atoms with E-state index in [4.69, 9.17) is 0 Å². The number of alkyl halides is 3. The van der Waals surface area contributed by atoms with Gasteiger partial charge < -0.3 is 9.80 Å². The number of nitrogens with zero attached hydrogens (tertiary/aromatic N) is 4. The maximum atomic E-state index is 13.4. The molecule has 1 amide bonds. The van der Waals surface area contributed by atoms with Gasteiger partial charge in [-0.25, -0.2) is 9.97 Å². The van der Waals surface area contributed by atoms with Gasteiger partial charge in [0.1, 0.15) is 17.3 Å². The number of halogens is 3. The first kappa shape index (κ1) is 20.1. The van der Waals surface area contributed by atoms with Gasteiger partial charge in [0.05, 0.1) is 5.41 Å². The molecule has 2 aromatic heterocycles. The molecule has 0 bridgehead atoms. The summed E-state index contributed by atoms with van der Waals surface area (Å²) in [5, 5.41) is 2.01. The molecule has 0 aromatic carbocycles. The Morgan fingerprint density at radius 3 is 2.41 bits per heavy atom. The van der Waals surface area contributed by atoms with E-state index in [2.05, 4.69) is 9.97 Å². The quantitative estimate of drug-likeness (QED) is 0.747. The highest BCUT2D eigenvalue weighted by Crippen LogP contribution is 2.44. The molecule has 2 aromatic rings. The average molecular weight is 424 g/mol. The molecule has 1 aliphatic heterocycles. The number of hydrogen-bond acceptors (Lipinski definition) is 5. The minimum absolute atomic E-state index is 0.0935. The molecule has 2 fully saturated rings. The van der Waals surface area contributed by atoms with Crippen molar-refractivity contribution in [3.05, 3.63) is 40.0 Å². The summed E-state index contributed by atoms with van der Waals surface area (Å²) < 4.78 is 39.2. The molecule has 0 unspecified atom stereocenters. The number of carbonyl (C=O) groups is 1. The van der Waals surface area contributed by atoms with Gasteiger partial charge in [-0.05, 0) is 31.2 Å². The van der Waals surface area contributed by atoms with Gasteiger partial charge in [-0.1, -0.05) is 18.9 Å². The van der Waals surface area contributed by atoms with Gasteiger partial charge in [-0.15, -0.1) is 11.3 Å². The Morgan fingerprint density at radius 1 is 1.14 bits per heavy atom. The van der Waals surface area contributed by atoms with Crippen molar-refractivity contribution in [1.29, 1.82) is 0 Å². The molecular weight excluding hydrogens is 401 g/mol. The Balaban J connectivity index is 1.49. The Labute approximate surface area is 171 Å². The lowest BCUT2D eigenvalue weighted by atomic mass is 9.82. The molecule has 0 spiro atoms. The van der Waals surface area contributed by atoms with E-state index in [0.717, 1.165) is 36.6 Å². The maximum absolute atomic E-state index is 13.4. The predicted molar refractivity (Wildman–Crippen MR) is 105 cm³/mol. The van der Waals surface area contributed by atoms with Crippen LogP contribution in [0.4, 0.5) is 19.0 Å². The van der Waals surface area contributed by atoms with E-state index in [1.807, 2.05) is 22.4 Å². The highest BCUT2D eigenvalue weighted by molar-refractivity contribution is 7.10. The van der Waals surface area contributed by atoms with E-state index in [1.54, 1.807) is 16.2 Å². The summed E-state index contributed by atoms with van der Waals surface area (Å²) in [6.45, 7) is 3.34. The molecule has 3 heterocycles. The number of carbonyl (C=O) groups excluding carboxylic acids is 1. The Bertz CT molecular complexity index is 870. The van der Waals surface area contributed by atoms with E-state index in [0.29, 0.717) is 26.2 Å². The van der Waals surface area contributed by atoms with Crippen molar-refractivity contribution in [1.82, 2.24) is 14.9 Å². The Hall–Kier alpha value is -2.16. The molecule has 0 atom stereocenters. The SMILES string of the molecule is Cc1nc(N2CCN(C(=O)C3(c4cccs4)CCCC3)CC2)cc(C(F)(F)F)n1. The summed E-state index contributed by atoms with van der Waals surface area (Å²) in [5.74, 6) is 0.522. The zero-order chi connectivity index (χ0) is 20.6. The number of aromatic nitrogens is 2. The molecule has 4 rings (SSSR count). The first-order valence-electron chi connectivity index (χ1n) is 9.81. The van der Waals surface area contributed by atoms with Gasteiger partial charge >= 0.3 is 6.18 Å². The first-order valence-corrected chi connectivity index (χ1v) is 10.7. The molecule has 29 heavy (non-hydrogen) atoms. The topological polar surface area (TPSA) is 49.3 Å². The maximum Gasteiger partial charge on any atom is 0.433 e. The van der Waals surface area contributed by atoms with E-state index in [-0.39, 0.29) is 17.5 Å². The van der Waals surface area contributed by atoms with Crippen LogP contribution in [0.25, 0.3) is 0 Å². The normalized spacial score (nSPS) is 19.6.